The van der Waals surface area contributed by atoms with Crippen LogP contribution in [0.5, 0.6) is 5.75 Å². The Labute approximate surface area is 139 Å². The fourth-order valence-corrected chi connectivity index (χ4v) is 2.55. The van der Waals surface area contributed by atoms with Gasteiger partial charge in [-0.25, -0.2) is 4.68 Å². The van der Waals surface area contributed by atoms with Gasteiger partial charge in [-0.15, -0.1) is 0 Å². The van der Waals surface area contributed by atoms with E-state index in [1.807, 2.05) is 49.4 Å². The number of hydrogen-bond donors (Lipinski definition) is 0. The van der Waals surface area contributed by atoms with Gasteiger partial charge in [0.25, 0.3) is 0 Å². The number of halogens is 1. The van der Waals surface area contributed by atoms with E-state index >= 15 is 0 Å². The summed E-state index contributed by atoms with van der Waals surface area (Å²) in [4.78, 5) is 0. The van der Waals surface area contributed by atoms with Gasteiger partial charge in [0.15, 0.2) is 5.69 Å². The van der Waals surface area contributed by atoms with Crippen molar-refractivity contribution in [1.29, 1.82) is 5.26 Å². The number of nitrogens with zero attached hydrogens (tertiary/aromatic N) is 3. The summed E-state index contributed by atoms with van der Waals surface area (Å²) >= 11 is 6.27. The van der Waals surface area contributed by atoms with Crippen LogP contribution in [-0.4, -0.2) is 16.4 Å². The molecule has 0 atom stereocenters. The van der Waals surface area contributed by atoms with Gasteiger partial charge in [0.05, 0.1) is 23.0 Å². The number of ether oxygens (including phenoxy) is 1. The lowest BCUT2D eigenvalue weighted by Crippen LogP contribution is -2.00. The van der Waals surface area contributed by atoms with Crippen LogP contribution in [0.2, 0.25) is 5.02 Å². The van der Waals surface area contributed by atoms with Crippen molar-refractivity contribution < 1.29 is 4.74 Å². The molecule has 0 aliphatic rings. The molecule has 0 N–H and O–H groups in total. The largest absolute Gasteiger partial charge is 0.494 e. The average molecular weight is 324 g/mol. The minimum atomic E-state index is 0.341. The first-order valence-corrected chi connectivity index (χ1v) is 7.59. The second-order valence-electron chi connectivity index (χ2n) is 4.85. The lowest BCUT2D eigenvalue weighted by Gasteiger charge is -2.10. The summed E-state index contributed by atoms with van der Waals surface area (Å²) in [6, 6.07) is 18.9. The molecule has 0 radical (unpaired) electrons. The van der Waals surface area contributed by atoms with Gasteiger partial charge >= 0.3 is 0 Å². The fraction of sp³-hybridized carbons (Fsp3) is 0.111. The van der Waals surface area contributed by atoms with E-state index in [1.54, 1.807) is 16.8 Å². The fourth-order valence-electron chi connectivity index (χ4n) is 2.34. The normalized spacial score (nSPS) is 10.3. The highest BCUT2D eigenvalue weighted by molar-refractivity contribution is 6.32. The third-order valence-corrected chi connectivity index (χ3v) is 3.69. The molecule has 3 aromatic rings. The third kappa shape index (κ3) is 3.05. The molecule has 3 rings (SSSR count). The minimum Gasteiger partial charge on any atom is -0.494 e. The van der Waals surface area contributed by atoms with Crippen molar-refractivity contribution in [1.82, 2.24) is 9.78 Å². The van der Waals surface area contributed by atoms with Crippen LogP contribution in [0.15, 0.2) is 54.6 Å². The van der Waals surface area contributed by atoms with Crippen molar-refractivity contribution >= 4 is 11.6 Å². The Balaban J connectivity index is 2.11. The van der Waals surface area contributed by atoms with Crippen molar-refractivity contribution in [2.45, 2.75) is 6.92 Å². The van der Waals surface area contributed by atoms with Gasteiger partial charge in [-0.1, -0.05) is 23.7 Å². The first kappa shape index (κ1) is 15.1. The van der Waals surface area contributed by atoms with Crippen LogP contribution < -0.4 is 4.74 Å². The van der Waals surface area contributed by atoms with Gasteiger partial charge in [0.2, 0.25) is 0 Å². The van der Waals surface area contributed by atoms with Crippen LogP contribution in [0.1, 0.15) is 12.6 Å². The summed E-state index contributed by atoms with van der Waals surface area (Å²) in [6.45, 7) is 2.56. The maximum atomic E-state index is 9.17. The summed E-state index contributed by atoms with van der Waals surface area (Å²) < 4.78 is 7.15. The van der Waals surface area contributed by atoms with Crippen molar-refractivity contribution in [2.24, 2.45) is 0 Å². The summed E-state index contributed by atoms with van der Waals surface area (Å²) in [6.07, 6.45) is 0. The number of aromatic nitrogens is 2. The lowest BCUT2D eigenvalue weighted by molar-refractivity contribution is 0.340. The molecule has 23 heavy (non-hydrogen) atoms. The molecule has 5 heteroatoms. The second-order valence-corrected chi connectivity index (χ2v) is 5.25. The molecule has 1 aromatic heterocycles. The quantitative estimate of drug-likeness (QED) is 0.712. The van der Waals surface area contributed by atoms with Gasteiger partial charge in [-0.2, -0.15) is 10.4 Å². The zero-order chi connectivity index (χ0) is 16.2. The Bertz CT molecular complexity index is 863. The number of hydrogen-bond acceptors (Lipinski definition) is 3. The second kappa shape index (κ2) is 6.55. The molecule has 4 nitrogen and oxygen atoms in total. The van der Waals surface area contributed by atoms with E-state index in [4.69, 9.17) is 16.3 Å². The molecule has 0 unspecified atom stereocenters. The molecule has 0 amide bonds. The topological polar surface area (TPSA) is 50.8 Å². The van der Waals surface area contributed by atoms with Crippen LogP contribution >= 0.6 is 11.6 Å². The number of nitriles is 1. The maximum Gasteiger partial charge on any atom is 0.163 e. The van der Waals surface area contributed by atoms with Crippen molar-refractivity contribution in [3.63, 3.8) is 0 Å². The van der Waals surface area contributed by atoms with Crippen LogP contribution in [-0.2, 0) is 0 Å². The van der Waals surface area contributed by atoms with Crippen LogP contribution in [0, 0.1) is 11.3 Å². The first-order valence-electron chi connectivity index (χ1n) is 7.21. The van der Waals surface area contributed by atoms with E-state index in [0.29, 0.717) is 17.3 Å². The van der Waals surface area contributed by atoms with Gasteiger partial charge in [-0.05, 0) is 43.3 Å². The third-order valence-electron chi connectivity index (χ3n) is 3.37. The Hall–Kier alpha value is -2.77. The summed E-state index contributed by atoms with van der Waals surface area (Å²) in [5.74, 6) is 0.806. The number of rotatable bonds is 4. The van der Waals surface area contributed by atoms with E-state index in [1.165, 1.54) is 0 Å². The van der Waals surface area contributed by atoms with Crippen molar-refractivity contribution in [3.8, 4) is 28.8 Å². The van der Waals surface area contributed by atoms with Crippen molar-refractivity contribution in [3.05, 3.63) is 65.3 Å². The monoisotopic (exact) mass is 323 g/mol. The highest BCUT2D eigenvalue weighted by Gasteiger charge is 2.13. The molecule has 0 fully saturated rings. The summed E-state index contributed by atoms with van der Waals surface area (Å²) in [5.41, 5.74) is 2.81. The Morgan fingerprint density at radius 2 is 1.91 bits per heavy atom. The number of para-hydroxylation sites is 1. The van der Waals surface area contributed by atoms with Gasteiger partial charge in [-0.3, -0.25) is 0 Å². The molecule has 0 saturated carbocycles. The Morgan fingerprint density at radius 1 is 1.17 bits per heavy atom. The van der Waals surface area contributed by atoms with Crippen LogP contribution in [0.4, 0.5) is 0 Å². The van der Waals surface area contributed by atoms with E-state index < -0.39 is 0 Å². The van der Waals surface area contributed by atoms with E-state index in [2.05, 4.69) is 11.2 Å². The van der Waals surface area contributed by atoms with Gasteiger partial charge < -0.3 is 4.74 Å². The van der Waals surface area contributed by atoms with E-state index in [0.717, 1.165) is 22.7 Å². The SMILES string of the molecule is CCOc1ccc(-c2cc(C#N)nn2-c2ccccc2Cl)cc1. The molecule has 1 heterocycles. The summed E-state index contributed by atoms with van der Waals surface area (Å²) in [7, 11) is 0. The predicted molar refractivity (Wildman–Crippen MR) is 89.9 cm³/mol. The highest BCUT2D eigenvalue weighted by atomic mass is 35.5. The average Bonchev–Trinajstić information content (AvgIpc) is 3.00. The smallest absolute Gasteiger partial charge is 0.163 e. The molecular weight excluding hydrogens is 310 g/mol. The predicted octanol–water partition coefficient (Wildman–Crippen LogP) is 4.46. The highest BCUT2D eigenvalue weighted by Crippen LogP contribution is 2.28. The molecule has 0 saturated heterocycles. The molecule has 0 bridgehead atoms. The Morgan fingerprint density at radius 3 is 2.57 bits per heavy atom. The maximum absolute atomic E-state index is 9.17. The van der Waals surface area contributed by atoms with Crippen LogP contribution in [0.3, 0.4) is 0 Å². The molecule has 0 spiro atoms. The first-order chi connectivity index (χ1) is 11.2. The molecule has 2 aromatic carbocycles. The number of benzene rings is 2. The zero-order valence-electron chi connectivity index (χ0n) is 12.5. The molecule has 0 aliphatic heterocycles. The lowest BCUT2D eigenvalue weighted by atomic mass is 10.1. The Kier molecular flexibility index (Phi) is 4.31. The van der Waals surface area contributed by atoms with Crippen LogP contribution in [0.25, 0.3) is 16.9 Å². The molecule has 114 valence electrons. The van der Waals surface area contributed by atoms with Gasteiger partial charge in [0.1, 0.15) is 11.8 Å². The molecule has 0 aliphatic carbocycles. The zero-order valence-corrected chi connectivity index (χ0v) is 13.3. The van der Waals surface area contributed by atoms with E-state index in [9.17, 15) is 5.26 Å². The van der Waals surface area contributed by atoms with E-state index in [-0.39, 0.29) is 0 Å². The van der Waals surface area contributed by atoms with Crippen molar-refractivity contribution in [2.75, 3.05) is 6.61 Å². The summed E-state index contributed by atoms with van der Waals surface area (Å²) in [5, 5.41) is 14.1. The standard InChI is InChI=1S/C18H14ClN3O/c1-2-23-15-9-7-13(8-10-15)18-11-14(12-20)21-22(18)17-6-4-3-5-16(17)19/h3-11H,2H2,1H3. The minimum absolute atomic E-state index is 0.341. The molecular formula is C18H14ClN3O. The van der Waals surface area contributed by atoms with Gasteiger partial charge in [0, 0.05) is 11.6 Å².